The van der Waals surface area contributed by atoms with Crippen LogP contribution in [0.1, 0.15) is 37.6 Å². The SMILES string of the molecule is CCN1CCC(CCOc2ncc(-c3nc(C#N)nc4c3ncn4C)cc2C)CC1. The highest BCUT2D eigenvalue weighted by Gasteiger charge is 2.19. The van der Waals surface area contributed by atoms with E-state index in [2.05, 4.69) is 31.8 Å². The van der Waals surface area contributed by atoms with Gasteiger partial charge in [0, 0.05) is 24.4 Å². The zero-order valence-electron chi connectivity index (χ0n) is 17.8. The van der Waals surface area contributed by atoms with E-state index in [9.17, 15) is 5.26 Å². The smallest absolute Gasteiger partial charge is 0.234 e. The molecule has 1 aliphatic rings. The Kier molecular flexibility index (Phi) is 5.91. The van der Waals surface area contributed by atoms with Crippen LogP contribution in [0.5, 0.6) is 5.88 Å². The second-order valence-corrected chi connectivity index (χ2v) is 7.90. The summed E-state index contributed by atoms with van der Waals surface area (Å²) >= 11 is 0. The zero-order valence-corrected chi connectivity index (χ0v) is 17.8. The fourth-order valence-corrected chi connectivity index (χ4v) is 4.01. The summed E-state index contributed by atoms with van der Waals surface area (Å²) in [7, 11) is 1.85. The Morgan fingerprint density at radius 2 is 2.03 bits per heavy atom. The third kappa shape index (κ3) is 4.12. The van der Waals surface area contributed by atoms with Gasteiger partial charge in [-0.2, -0.15) is 10.2 Å². The average Bonchev–Trinajstić information content (AvgIpc) is 3.15. The molecule has 0 saturated carbocycles. The first-order valence-corrected chi connectivity index (χ1v) is 10.5. The van der Waals surface area contributed by atoms with Gasteiger partial charge in [-0.15, -0.1) is 0 Å². The molecule has 4 heterocycles. The number of ether oxygens (including phenoxy) is 1. The molecule has 0 aliphatic carbocycles. The van der Waals surface area contributed by atoms with Crippen molar-refractivity contribution in [1.82, 2.24) is 29.4 Å². The summed E-state index contributed by atoms with van der Waals surface area (Å²) in [6.07, 6.45) is 6.97. The molecule has 4 rings (SSSR count). The summed E-state index contributed by atoms with van der Waals surface area (Å²) in [5.74, 6) is 1.50. The first-order valence-electron chi connectivity index (χ1n) is 10.5. The van der Waals surface area contributed by atoms with Crippen LogP contribution in [-0.2, 0) is 7.05 Å². The van der Waals surface area contributed by atoms with Gasteiger partial charge in [0.1, 0.15) is 17.3 Å². The van der Waals surface area contributed by atoms with Gasteiger partial charge < -0.3 is 14.2 Å². The second-order valence-electron chi connectivity index (χ2n) is 7.90. The Bertz CT molecular complexity index is 1080. The van der Waals surface area contributed by atoms with Gasteiger partial charge in [-0.1, -0.05) is 6.92 Å². The molecule has 0 aromatic carbocycles. The van der Waals surface area contributed by atoms with Gasteiger partial charge >= 0.3 is 0 Å². The number of nitriles is 1. The molecule has 0 bridgehead atoms. The molecule has 8 nitrogen and oxygen atoms in total. The van der Waals surface area contributed by atoms with Crippen molar-refractivity contribution in [2.45, 2.75) is 33.1 Å². The minimum Gasteiger partial charge on any atom is -0.477 e. The number of hydrogen-bond donors (Lipinski definition) is 0. The van der Waals surface area contributed by atoms with E-state index in [4.69, 9.17) is 4.74 Å². The predicted octanol–water partition coefficient (Wildman–Crippen LogP) is 3.11. The summed E-state index contributed by atoms with van der Waals surface area (Å²) < 4.78 is 7.77. The van der Waals surface area contributed by atoms with Crippen LogP contribution in [0.15, 0.2) is 18.6 Å². The lowest BCUT2D eigenvalue weighted by Gasteiger charge is -2.30. The number of pyridine rings is 1. The van der Waals surface area contributed by atoms with Crippen molar-refractivity contribution in [2.24, 2.45) is 13.0 Å². The molecule has 30 heavy (non-hydrogen) atoms. The highest BCUT2D eigenvalue weighted by atomic mass is 16.5. The van der Waals surface area contributed by atoms with Crippen molar-refractivity contribution < 1.29 is 4.74 Å². The molecule has 0 radical (unpaired) electrons. The van der Waals surface area contributed by atoms with Crippen LogP contribution in [0.25, 0.3) is 22.4 Å². The van der Waals surface area contributed by atoms with Crippen molar-refractivity contribution in [3.05, 3.63) is 30.0 Å². The summed E-state index contributed by atoms with van der Waals surface area (Å²) in [4.78, 5) is 20.1. The number of imidazole rings is 1. The van der Waals surface area contributed by atoms with Crippen molar-refractivity contribution in [1.29, 1.82) is 5.26 Å². The van der Waals surface area contributed by atoms with E-state index >= 15 is 0 Å². The summed E-state index contributed by atoms with van der Waals surface area (Å²) in [6, 6.07) is 4.01. The van der Waals surface area contributed by atoms with Crippen LogP contribution < -0.4 is 4.74 Å². The Labute approximate surface area is 176 Å². The summed E-state index contributed by atoms with van der Waals surface area (Å²) in [5, 5.41) is 9.29. The van der Waals surface area contributed by atoms with Gasteiger partial charge in [-0.3, -0.25) is 0 Å². The monoisotopic (exact) mass is 405 g/mol. The number of fused-ring (bicyclic) bond motifs is 1. The first-order chi connectivity index (χ1) is 14.6. The third-order valence-corrected chi connectivity index (χ3v) is 5.88. The van der Waals surface area contributed by atoms with Gasteiger partial charge in [0.05, 0.1) is 12.9 Å². The molecule has 0 unspecified atom stereocenters. The largest absolute Gasteiger partial charge is 0.477 e. The normalized spacial score (nSPS) is 15.4. The van der Waals surface area contributed by atoms with E-state index in [1.807, 2.05) is 26.1 Å². The molecule has 3 aromatic rings. The lowest BCUT2D eigenvalue weighted by molar-refractivity contribution is 0.167. The van der Waals surface area contributed by atoms with Crippen molar-refractivity contribution in [2.75, 3.05) is 26.2 Å². The number of likely N-dealkylation sites (tertiary alicyclic amines) is 1. The van der Waals surface area contributed by atoms with E-state index in [0.29, 0.717) is 29.3 Å². The van der Waals surface area contributed by atoms with Crippen LogP contribution in [-0.4, -0.2) is 55.6 Å². The maximum Gasteiger partial charge on any atom is 0.234 e. The Morgan fingerprint density at radius 1 is 1.23 bits per heavy atom. The number of piperidine rings is 1. The Balaban J connectivity index is 1.46. The van der Waals surface area contributed by atoms with Gasteiger partial charge in [-0.25, -0.2) is 15.0 Å². The van der Waals surface area contributed by atoms with Gasteiger partial charge in [0.2, 0.25) is 11.7 Å². The molecule has 1 saturated heterocycles. The molecule has 1 aliphatic heterocycles. The van der Waals surface area contributed by atoms with E-state index in [0.717, 1.165) is 30.0 Å². The van der Waals surface area contributed by atoms with Gasteiger partial charge in [0.15, 0.2) is 5.65 Å². The summed E-state index contributed by atoms with van der Waals surface area (Å²) in [5.41, 5.74) is 3.64. The van der Waals surface area contributed by atoms with Crippen molar-refractivity contribution in [3.8, 4) is 23.2 Å². The Morgan fingerprint density at radius 3 is 2.73 bits per heavy atom. The quantitative estimate of drug-likeness (QED) is 0.622. The molecule has 3 aromatic heterocycles. The fraction of sp³-hybridized carbons (Fsp3) is 0.500. The van der Waals surface area contributed by atoms with Crippen LogP contribution in [0, 0.1) is 24.2 Å². The van der Waals surface area contributed by atoms with E-state index < -0.39 is 0 Å². The van der Waals surface area contributed by atoms with Gasteiger partial charge in [0.25, 0.3) is 0 Å². The third-order valence-electron chi connectivity index (χ3n) is 5.88. The minimum absolute atomic E-state index is 0.119. The molecule has 0 amide bonds. The lowest BCUT2D eigenvalue weighted by Crippen LogP contribution is -2.33. The zero-order chi connectivity index (χ0) is 21.1. The maximum atomic E-state index is 9.29. The van der Waals surface area contributed by atoms with Crippen LogP contribution in [0.4, 0.5) is 0 Å². The summed E-state index contributed by atoms with van der Waals surface area (Å²) in [6.45, 7) is 8.42. The van der Waals surface area contributed by atoms with E-state index in [-0.39, 0.29) is 5.82 Å². The standard InChI is InChI=1S/C22H27N7O/c1-4-29-8-5-16(6-9-29)7-10-30-22-15(2)11-17(13-24-22)19-20-21(28(3)14-25-20)27-18(12-23)26-19/h11,13-14,16H,4-10H2,1-3H3. The number of aryl methyl sites for hydroxylation is 2. The fourth-order valence-electron chi connectivity index (χ4n) is 4.01. The second kappa shape index (κ2) is 8.76. The number of aromatic nitrogens is 5. The highest BCUT2D eigenvalue weighted by molar-refractivity contribution is 5.87. The maximum absolute atomic E-state index is 9.29. The van der Waals surface area contributed by atoms with E-state index in [1.165, 1.54) is 25.9 Å². The number of hydrogen-bond acceptors (Lipinski definition) is 7. The highest BCUT2D eigenvalue weighted by Crippen LogP contribution is 2.28. The molecule has 0 spiro atoms. The number of nitrogens with zero attached hydrogens (tertiary/aromatic N) is 7. The Hall–Kier alpha value is -3.05. The number of rotatable bonds is 6. The molecule has 8 heteroatoms. The molecule has 0 atom stereocenters. The minimum atomic E-state index is 0.119. The van der Waals surface area contributed by atoms with Crippen LogP contribution >= 0.6 is 0 Å². The molecular formula is C22H27N7O. The molecule has 0 N–H and O–H groups in total. The molecule has 1 fully saturated rings. The van der Waals surface area contributed by atoms with Crippen molar-refractivity contribution >= 4 is 11.2 Å². The molecular weight excluding hydrogens is 378 g/mol. The topological polar surface area (TPSA) is 92.8 Å². The van der Waals surface area contributed by atoms with Gasteiger partial charge in [-0.05, 0) is 57.8 Å². The molecule has 156 valence electrons. The van der Waals surface area contributed by atoms with Crippen LogP contribution in [0.3, 0.4) is 0 Å². The van der Waals surface area contributed by atoms with E-state index in [1.54, 1.807) is 17.1 Å². The van der Waals surface area contributed by atoms with Crippen LogP contribution in [0.2, 0.25) is 0 Å². The average molecular weight is 406 g/mol. The van der Waals surface area contributed by atoms with Crippen molar-refractivity contribution in [3.63, 3.8) is 0 Å². The predicted molar refractivity (Wildman–Crippen MR) is 114 cm³/mol. The lowest BCUT2D eigenvalue weighted by atomic mass is 9.94. The first kappa shape index (κ1) is 20.2.